The molecule has 1 fully saturated rings. The lowest BCUT2D eigenvalue weighted by molar-refractivity contribution is 0.0314. The number of hydrogen-bond donors (Lipinski definition) is 2. The summed E-state index contributed by atoms with van der Waals surface area (Å²) in [5, 5.41) is 3.31. The van der Waals surface area contributed by atoms with Crippen LogP contribution in [0.3, 0.4) is 0 Å². The minimum atomic E-state index is -0.0787. The monoisotopic (exact) mass is 250 g/mol. The van der Waals surface area contributed by atoms with E-state index >= 15 is 0 Å². The van der Waals surface area contributed by atoms with Gasteiger partial charge in [0.25, 0.3) is 0 Å². The topological polar surface area (TPSA) is 73.1 Å². The summed E-state index contributed by atoms with van der Waals surface area (Å²) in [7, 11) is 0. The molecule has 0 amide bonds. The van der Waals surface area contributed by atoms with Crippen LogP contribution in [0.4, 0.5) is 11.6 Å². The van der Waals surface area contributed by atoms with Crippen molar-refractivity contribution in [2.75, 3.05) is 24.2 Å². The third-order valence-electron chi connectivity index (χ3n) is 3.21. The second-order valence-corrected chi connectivity index (χ2v) is 5.10. The third-order valence-corrected chi connectivity index (χ3v) is 3.21. The summed E-state index contributed by atoms with van der Waals surface area (Å²) in [5.74, 6) is 2.12. The van der Waals surface area contributed by atoms with E-state index < -0.39 is 0 Å². The highest BCUT2D eigenvalue weighted by Gasteiger charge is 2.29. The van der Waals surface area contributed by atoms with Gasteiger partial charge in [0.2, 0.25) is 0 Å². The van der Waals surface area contributed by atoms with Gasteiger partial charge in [-0.05, 0) is 26.2 Å². The number of nitrogens with two attached hydrogens (primary N) is 1. The van der Waals surface area contributed by atoms with Crippen LogP contribution in [-0.2, 0) is 11.2 Å². The molecule has 2 rings (SSSR count). The number of aromatic nitrogens is 2. The van der Waals surface area contributed by atoms with Crippen molar-refractivity contribution in [3.05, 3.63) is 11.9 Å². The second-order valence-electron chi connectivity index (χ2n) is 5.10. The Labute approximate surface area is 108 Å². The molecule has 1 aromatic rings. The Morgan fingerprint density at radius 1 is 1.50 bits per heavy atom. The molecular formula is C13H22N4O. The summed E-state index contributed by atoms with van der Waals surface area (Å²) in [4.78, 5) is 8.67. The first-order chi connectivity index (χ1) is 8.61. The number of nitrogens with zero attached hydrogens (tertiary/aromatic N) is 2. The van der Waals surface area contributed by atoms with Gasteiger partial charge in [0.05, 0.1) is 5.60 Å². The standard InChI is InChI=1S/C13H22N4O/c1-3-5-11-16-10(14)8-12(17-11)15-9-13(2)6-4-7-18-13/h8H,3-7,9H2,1-2H3,(H3,14,15,16,17). The first-order valence-corrected chi connectivity index (χ1v) is 6.62. The molecule has 0 bridgehead atoms. The predicted molar refractivity (Wildman–Crippen MR) is 72.5 cm³/mol. The highest BCUT2D eigenvalue weighted by atomic mass is 16.5. The average molecular weight is 250 g/mol. The third kappa shape index (κ3) is 3.32. The lowest BCUT2D eigenvalue weighted by atomic mass is 10.0. The van der Waals surface area contributed by atoms with Crippen LogP contribution in [0.25, 0.3) is 0 Å². The van der Waals surface area contributed by atoms with Crippen molar-refractivity contribution in [2.45, 2.75) is 45.1 Å². The van der Waals surface area contributed by atoms with E-state index in [9.17, 15) is 0 Å². The Kier molecular flexibility index (Phi) is 4.01. The maximum absolute atomic E-state index is 5.78. The van der Waals surface area contributed by atoms with Gasteiger partial charge in [0, 0.05) is 25.6 Å². The molecule has 1 saturated heterocycles. The zero-order valence-corrected chi connectivity index (χ0v) is 11.2. The molecule has 2 heterocycles. The van der Waals surface area contributed by atoms with Crippen LogP contribution in [0.15, 0.2) is 6.07 Å². The first kappa shape index (κ1) is 13.1. The van der Waals surface area contributed by atoms with Gasteiger partial charge in [-0.2, -0.15) is 0 Å². The zero-order valence-electron chi connectivity index (χ0n) is 11.2. The summed E-state index contributed by atoms with van der Waals surface area (Å²) < 4.78 is 5.73. The molecule has 0 aliphatic carbocycles. The van der Waals surface area contributed by atoms with E-state index in [0.717, 1.165) is 50.5 Å². The molecule has 5 nitrogen and oxygen atoms in total. The van der Waals surface area contributed by atoms with E-state index in [4.69, 9.17) is 10.5 Å². The molecule has 0 saturated carbocycles. The smallest absolute Gasteiger partial charge is 0.133 e. The van der Waals surface area contributed by atoms with Crippen molar-refractivity contribution in [1.82, 2.24) is 9.97 Å². The number of aryl methyl sites for hydroxylation is 1. The van der Waals surface area contributed by atoms with Crippen molar-refractivity contribution < 1.29 is 4.74 Å². The molecule has 1 aromatic heterocycles. The maximum atomic E-state index is 5.78. The van der Waals surface area contributed by atoms with E-state index in [1.54, 1.807) is 6.07 Å². The number of rotatable bonds is 5. The molecule has 0 aromatic carbocycles. The molecule has 1 aliphatic rings. The Bertz CT molecular complexity index is 402. The van der Waals surface area contributed by atoms with Crippen LogP contribution in [0.2, 0.25) is 0 Å². The number of hydrogen-bond acceptors (Lipinski definition) is 5. The van der Waals surface area contributed by atoms with E-state index in [1.165, 1.54) is 0 Å². The Morgan fingerprint density at radius 3 is 3.00 bits per heavy atom. The molecule has 5 heteroatoms. The lowest BCUT2D eigenvalue weighted by Crippen LogP contribution is -2.32. The largest absolute Gasteiger partial charge is 0.384 e. The van der Waals surface area contributed by atoms with Gasteiger partial charge in [-0.15, -0.1) is 0 Å². The van der Waals surface area contributed by atoms with Crippen molar-refractivity contribution in [3.63, 3.8) is 0 Å². The van der Waals surface area contributed by atoms with E-state index in [2.05, 4.69) is 29.1 Å². The normalized spacial score (nSPS) is 23.2. The number of nitrogens with one attached hydrogen (secondary N) is 1. The van der Waals surface area contributed by atoms with Crippen molar-refractivity contribution in [2.24, 2.45) is 0 Å². The number of nitrogen functional groups attached to an aromatic ring is 1. The zero-order chi connectivity index (χ0) is 13.0. The minimum absolute atomic E-state index is 0.0787. The van der Waals surface area contributed by atoms with E-state index in [-0.39, 0.29) is 5.60 Å². The molecule has 1 aliphatic heterocycles. The van der Waals surface area contributed by atoms with Crippen LogP contribution < -0.4 is 11.1 Å². The quantitative estimate of drug-likeness (QED) is 0.836. The highest BCUT2D eigenvalue weighted by Crippen LogP contribution is 2.25. The number of ether oxygens (including phenoxy) is 1. The van der Waals surface area contributed by atoms with Crippen LogP contribution in [0.5, 0.6) is 0 Å². The van der Waals surface area contributed by atoms with Crippen LogP contribution in [0, 0.1) is 0 Å². The van der Waals surface area contributed by atoms with Gasteiger partial charge >= 0.3 is 0 Å². The fourth-order valence-electron chi connectivity index (χ4n) is 2.20. The summed E-state index contributed by atoms with van der Waals surface area (Å²) in [6, 6.07) is 1.78. The SMILES string of the molecule is CCCc1nc(N)cc(NCC2(C)CCCO2)n1. The predicted octanol–water partition coefficient (Wildman–Crippen LogP) is 1.99. The number of anilines is 2. The fourth-order valence-corrected chi connectivity index (χ4v) is 2.20. The first-order valence-electron chi connectivity index (χ1n) is 6.62. The average Bonchev–Trinajstić information content (AvgIpc) is 2.74. The van der Waals surface area contributed by atoms with Gasteiger partial charge in [0.1, 0.15) is 17.5 Å². The Morgan fingerprint density at radius 2 is 2.33 bits per heavy atom. The molecule has 1 atom stereocenters. The molecule has 18 heavy (non-hydrogen) atoms. The Balaban J connectivity index is 2.00. The lowest BCUT2D eigenvalue weighted by Gasteiger charge is -2.23. The molecule has 0 radical (unpaired) electrons. The molecule has 0 spiro atoms. The molecular weight excluding hydrogens is 228 g/mol. The van der Waals surface area contributed by atoms with Crippen LogP contribution in [0.1, 0.15) is 38.9 Å². The molecule has 100 valence electrons. The molecule has 1 unspecified atom stereocenters. The maximum Gasteiger partial charge on any atom is 0.133 e. The van der Waals surface area contributed by atoms with Crippen molar-refractivity contribution >= 4 is 11.6 Å². The summed E-state index contributed by atoms with van der Waals surface area (Å²) >= 11 is 0. The van der Waals surface area contributed by atoms with Gasteiger partial charge in [-0.3, -0.25) is 0 Å². The second kappa shape index (κ2) is 5.52. The van der Waals surface area contributed by atoms with Crippen LogP contribution >= 0.6 is 0 Å². The van der Waals surface area contributed by atoms with Crippen molar-refractivity contribution in [3.8, 4) is 0 Å². The minimum Gasteiger partial charge on any atom is -0.384 e. The van der Waals surface area contributed by atoms with Gasteiger partial charge in [0.15, 0.2) is 0 Å². The highest BCUT2D eigenvalue weighted by molar-refractivity contribution is 5.44. The van der Waals surface area contributed by atoms with E-state index in [0.29, 0.717) is 5.82 Å². The fraction of sp³-hybridized carbons (Fsp3) is 0.692. The van der Waals surface area contributed by atoms with E-state index in [1.807, 2.05) is 0 Å². The Hall–Kier alpha value is -1.36. The summed E-state index contributed by atoms with van der Waals surface area (Å²) in [5.41, 5.74) is 5.71. The van der Waals surface area contributed by atoms with Crippen molar-refractivity contribution in [1.29, 1.82) is 0 Å². The summed E-state index contributed by atoms with van der Waals surface area (Å²) in [6.45, 7) is 5.84. The molecule has 3 N–H and O–H groups in total. The van der Waals surface area contributed by atoms with Gasteiger partial charge in [-0.25, -0.2) is 9.97 Å². The van der Waals surface area contributed by atoms with Gasteiger partial charge in [-0.1, -0.05) is 6.92 Å². The van der Waals surface area contributed by atoms with Crippen LogP contribution in [-0.4, -0.2) is 28.7 Å². The van der Waals surface area contributed by atoms with Gasteiger partial charge < -0.3 is 15.8 Å². The summed E-state index contributed by atoms with van der Waals surface area (Å²) in [6.07, 6.45) is 4.09.